The first-order chi connectivity index (χ1) is 8.69. The lowest BCUT2D eigenvalue weighted by Crippen LogP contribution is -1.96. The number of rotatable bonds is 4. The fourth-order valence-corrected chi connectivity index (χ4v) is 2.63. The van der Waals surface area contributed by atoms with Crippen molar-refractivity contribution in [3.05, 3.63) is 71.0 Å². The Bertz CT molecular complexity index is 505. The molecule has 94 valence electrons. The molecule has 2 heteroatoms. The monoisotopic (exact) mass is 306 g/mol. The van der Waals surface area contributed by atoms with E-state index in [4.69, 9.17) is 0 Å². The Labute approximate surface area is 116 Å². The van der Waals surface area contributed by atoms with E-state index in [1.807, 2.05) is 6.07 Å². The van der Waals surface area contributed by atoms with Gasteiger partial charge in [-0.15, -0.1) is 0 Å². The lowest BCUT2D eigenvalue weighted by atomic mass is 10.0. The van der Waals surface area contributed by atoms with Gasteiger partial charge >= 0.3 is 0 Å². The van der Waals surface area contributed by atoms with Gasteiger partial charge in [0.1, 0.15) is 5.82 Å². The second kappa shape index (κ2) is 6.14. The zero-order valence-corrected chi connectivity index (χ0v) is 12.0. The molecule has 0 aliphatic carbocycles. The van der Waals surface area contributed by atoms with Crippen LogP contribution in [0, 0.1) is 5.82 Å². The Morgan fingerprint density at radius 2 is 1.78 bits per heavy atom. The van der Waals surface area contributed by atoms with Crippen LogP contribution in [-0.4, -0.2) is 0 Å². The Morgan fingerprint density at radius 1 is 1.06 bits per heavy atom. The van der Waals surface area contributed by atoms with Gasteiger partial charge < -0.3 is 0 Å². The highest BCUT2D eigenvalue weighted by Gasteiger charge is 2.08. The van der Waals surface area contributed by atoms with Crippen molar-refractivity contribution in [2.24, 2.45) is 0 Å². The molecule has 0 amide bonds. The maximum absolute atomic E-state index is 13.1. The Balaban J connectivity index is 2.09. The summed E-state index contributed by atoms with van der Waals surface area (Å²) in [5.74, 6) is -0.173. The molecule has 0 bridgehead atoms. The van der Waals surface area contributed by atoms with Crippen molar-refractivity contribution in [3.63, 3.8) is 0 Å². The summed E-state index contributed by atoms with van der Waals surface area (Å²) in [6.45, 7) is 2.15. The predicted molar refractivity (Wildman–Crippen MR) is 77.6 cm³/mol. The molecule has 0 aliphatic rings. The first-order valence-corrected chi connectivity index (χ1v) is 7.08. The van der Waals surface area contributed by atoms with Gasteiger partial charge in [-0.1, -0.05) is 59.3 Å². The average molecular weight is 307 g/mol. The van der Waals surface area contributed by atoms with E-state index in [9.17, 15) is 4.39 Å². The van der Waals surface area contributed by atoms with Crippen LogP contribution in [0.4, 0.5) is 4.39 Å². The fraction of sp³-hybridized carbons (Fsp3) is 0.250. The van der Waals surface area contributed by atoms with Crippen molar-refractivity contribution < 1.29 is 4.39 Å². The fourth-order valence-electron chi connectivity index (χ4n) is 1.95. The van der Waals surface area contributed by atoms with Gasteiger partial charge in [0.15, 0.2) is 0 Å². The molecule has 0 fully saturated rings. The van der Waals surface area contributed by atoms with Gasteiger partial charge in [0.05, 0.1) is 0 Å². The minimum atomic E-state index is -0.173. The van der Waals surface area contributed by atoms with E-state index in [0.29, 0.717) is 0 Å². The Morgan fingerprint density at radius 3 is 2.39 bits per heavy atom. The van der Waals surface area contributed by atoms with Crippen LogP contribution < -0.4 is 0 Å². The van der Waals surface area contributed by atoms with Crippen LogP contribution in [0.2, 0.25) is 0 Å². The van der Waals surface area contributed by atoms with E-state index in [-0.39, 0.29) is 10.6 Å². The minimum Gasteiger partial charge on any atom is -0.207 e. The standard InChI is InChI=1S/C16H16BrF/c1-2-12-6-8-14(9-7-12)16(17)11-13-4-3-5-15(18)10-13/h3-10,16H,2,11H2,1H3. The van der Waals surface area contributed by atoms with Crippen molar-refractivity contribution >= 4 is 15.9 Å². The van der Waals surface area contributed by atoms with Crippen molar-refractivity contribution in [1.29, 1.82) is 0 Å². The van der Waals surface area contributed by atoms with Crippen LogP contribution in [0.1, 0.15) is 28.4 Å². The molecule has 0 N–H and O–H groups in total. The van der Waals surface area contributed by atoms with Gasteiger partial charge in [-0.2, -0.15) is 0 Å². The molecule has 2 aromatic carbocycles. The van der Waals surface area contributed by atoms with Crippen LogP contribution in [0.25, 0.3) is 0 Å². The largest absolute Gasteiger partial charge is 0.207 e. The summed E-state index contributed by atoms with van der Waals surface area (Å²) in [5.41, 5.74) is 3.58. The average Bonchev–Trinajstić information content (AvgIpc) is 2.39. The molecule has 0 saturated heterocycles. The van der Waals surface area contributed by atoms with E-state index in [0.717, 1.165) is 18.4 Å². The zero-order chi connectivity index (χ0) is 13.0. The lowest BCUT2D eigenvalue weighted by Gasteiger charge is -2.11. The number of hydrogen-bond acceptors (Lipinski definition) is 0. The summed E-state index contributed by atoms with van der Waals surface area (Å²) in [5, 5.41) is 0. The molecule has 0 nitrogen and oxygen atoms in total. The van der Waals surface area contributed by atoms with Gasteiger partial charge in [-0.3, -0.25) is 0 Å². The maximum atomic E-state index is 13.1. The van der Waals surface area contributed by atoms with Crippen molar-refractivity contribution in [1.82, 2.24) is 0 Å². The zero-order valence-electron chi connectivity index (χ0n) is 10.4. The van der Waals surface area contributed by atoms with Crippen LogP contribution in [0.15, 0.2) is 48.5 Å². The molecule has 0 spiro atoms. The highest BCUT2D eigenvalue weighted by Crippen LogP contribution is 2.27. The van der Waals surface area contributed by atoms with Gasteiger partial charge in [-0.25, -0.2) is 4.39 Å². The van der Waals surface area contributed by atoms with Crippen molar-refractivity contribution in [2.75, 3.05) is 0 Å². The molecular formula is C16H16BrF. The Hall–Kier alpha value is -1.15. The molecule has 1 atom stereocenters. The summed E-state index contributed by atoms with van der Waals surface area (Å²) < 4.78 is 13.1. The van der Waals surface area contributed by atoms with E-state index >= 15 is 0 Å². The molecule has 2 aromatic rings. The quantitative estimate of drug-likeness (QED) is 0.692. The van der Waals surface area contributed by atoms with E-state index in [1.54, 1.807) is 12.1 Å². The normalized spacial score (nSPS) is 12.4. The van der Waals surface area contributed by atoms with Crippen LogP contribution in [0.3, 0.4) is 0 Å². The van der Waals surface area contributed by atoms with Crippen LogP contribution >= 0.6 is 15.9 Å². The predicted octanol–water partition coefficient (Wildman–Crippen LogP) is 5.07. The third-order valence-corrected chi connectivity index (χ3v) is 3.91. The number of benzene rings is 2. The van der Waals surface area contributed by atoms with E-state index in [1.165, 1.54) is 17.2 Å². The number of hydrogen-bond donors (Lipinski definition) is 0. The summed E-state index contributed by atoms with van der Waals surface area (Å²) in [6, 6.07) is 15.3. The number of halogens is 2. The third-order valence-electron chi connectivity index (χ3n) is 3.05. The number of aryl methyl sites for hydroxylation is 1. The van der Waals surface area contributed by atoms with E-state index in [2.05, 4.69) is 47.1 Å². The van der Waals surface area contributed by atoms with Gasteiger partial charge in [-0.05, 0) is 41.7 Å². The molecule has 0 aromatic heterocycles. The smallest absolute Gasteiger partial charge is 0.123 e. The molecule has 2 rings (SSSR count). The summed E-state index contributed by atoms with van der Waals surface area (Å²) in [4.78, 5) is 0.227. The maximum Gasteiger partial charge on any atom is 0.123 e. The van der Waals surface area contributed by atoms with Gasteiger partial charge in [0, 0.05) is 4.83 Å². The van der Waals surface area contributed by atoms with Crippen molar-refractivity contribution in [3.8, 4) is 0 Å². The molecule has 0 radical (unpaired) electrons. The second-order valence-electron chi connectivity index (χ2n) is 4.40. The highest BCUT2D eigenvalue weighted by molar-refractivity contribution is 9.09. The van der Waals surface area contributed by atoms with Gasteiger partial charge in [0.2, 0.25) is 0 Å². The SMILES string of the molecule is CCc1ccc(C(Br)Cc2cccc(F)c2)cc1. The molecule has 18 heavy (non-hydrogen) atoms. The first kappa shape index (κ1) is 13.3. The van der Waals surface area contributed by atoms with Crippen LogP contribution in [0.5, 0.6) is 0 Å². The second-order valence-corrected chi connectivity index (χ2v) is 5.50. The highest BCUT2D eigenvalue weighted by atomic mass is 79.9. The molecular weight excluding hydrogens is 291 g/mol. The molecule has 0 aliphatic heterocycles. The number of alkyl halides is 1. The lowest BCUT2D eigenvalue weighted by molar-refractivity contribution is 0.625. The van der Waals surface area contributed by atoms with Crippen molar-refractivity contribution in [2.45, 2.75) is 24.6 Å². The summed E-state index contributed by atoms with van der Waals surface area (Å²) in [6.07, 6.45) is 1.85. The molecule has 0 heterocycles. The Kier molecular flexibility index (Phi) is 4.54. The third kappa shape index (κ3) is 3.42. The molecule has 1 unspecified atom stereocenters. The van der Waals surface area contributed by atoms with Crippen LogP contribution in [-0.2, 0) is 12.8 Å². The first-order valence-electron chi connectivity index (χ1n) is 6.16. The molecule has 0 saturated carbocycles. The van der Waals surface area contributed by atoms with E-state index < -0.39 is 0 Å². The minimum absolute atomic E-state index is 0.173. The van der Waals surface area contributed by atoms with Gasteiger partial charge in [0.25, 0.3) is 0 Å². The summed E-state index contributed by atoms with van der Waals surface area (Å²) in [7, 11) is 0. The topological polar surface area (TPSA) is 0 Å². The summed E-state index contributed by atoms with van der Waals surface area (Å²) >= 11 is 3.67.